The molecule has 0 bridgehead atoms. The molecule has 0 aliphatic heterocycles. The molecule has 2 aromatic carbocycles. The second kappa shape index (κ2) is 7.20. The SMILES string of the molecule is CCC(C)Oc1cccc(OCc2ccccc2Cl)c1. The summed E-state index contributed by atoms with van der Waals surface area (Å²) in [6.07, 6.45) is 1.18. The zero-order valence-corrected chi connectivity index (χ0v) is 12.6. The van der Waals surface area contributed by atoms with Crippen molar-refractivity contribution in [2.45, 2.75) is 33.0 Å². The maximum Gasteiger partial charge on any atom is 0.123 e. The lowest BCUT2D eigenvalue weighted by Crippen LogP contribution is -2.09. The zero-order chi connectivity index (χ0) is 14.4. The fourth-order valence-corrected chi connectivity index (χ4v) is 1.92. The third-order valence-corrected chi connectivity index (χ3v) is 3.44. The summed E-state index contributed by atoms with van der Waals surface area (Å²) in [4.78, 5) is 0. The molecule has 2 rings (SSSR count). The fraction of sp³-hybridized carbons (Fsp3) is 0.294. The van der Waals surface area contributed by atoms with Gasteiger partial charge in [0.2, 0.25) is 0 Å². The van der Waals surface area contributed by atoms with Gasteiger partial charge < -0.3 is 9.47 Å². The van der Waals surface area contributed by atoms with E-state index in [1.807, 2.05) is 48.5 Å². The molecule has 0 aliphatic rings. The van der Waals surface area contributed by atoms with Crippen molar-refractivity contribution >= 4 is 11.6 Å². The Bertz CT molecular complexity index is 554. The minimum atomic E-state index is 0.203. The van der Waals surface area contributed by atoms with Gasteiger partial charge in [-0.15, -0.1) is 0 Å². The number of hydrogen-bond donors (Lipinski definition) is 0. The van der Waals surface area contributed by atoms with Crippen LogP contribution in [0.1, 0.15) is 25.8 Å². The van der Waals surface area contributed by atoms with Gasteiger partial charge in [-0.2, -0.15) is 0 Å². The third kappa shape index (κ3) is 4.17. The molecule has 0 fully saturated rings. The van der Waals surface area contributed by atoms with Gasteiger partial charge >= 0.3 is 0 Å². The van der Waals surface area contributed by atoms with Crippen molar-refractivity contribution < 1.29 is 9.47 Å². The summed E-state index contributed by atoms with van der Waals surface area (Å²) in [6, 6.07) is 15.4. The van der Waals surface area contributed by atoms with Crippen LogP contribution in [0, 0.1) is 0 Å². The molecule has 0 aliphatic carbocycles. The lowest BCUT2D eigenvalue weighted by Gasteiger charge is -2.14. The summed E-state index contributed by atoms with van der Waals surface area (Å²) in [5, 5.41) is 0.722. The van der Waals surface area contributed by atoms with Gasteiger partial charge in [0.15, 0.2) is 0 Å². The quantitative estimate of drug-likeness (QED) is 0.737. The molecule has 0 heterocycles. The lowest BCUT2D eigenvalue weighted by molar-refractivity contribution is 0.215. The van der Waals surface area contributed by atoms with Gasteiger partial charge in [0.25, 0.3) is 0 Å². The molecule has 1 atom stereocenters. The average Bonchev–Trinajstić information content (AvgIpc) is 2.47. The topological polar surface area (TPSA) is 18.5 Å². The van der Waals surface area contributed by atoms with Gasteiger partial charge in [0, 0.05) is 16.7 Å². The molecule has 1 unspecified atom stereocenters. The Labute approximate surface area is 125 Å². The van der Waals surface area contributed by atoms with Crippen LogP contribution in [-0.2, 0) is 6.61 Å². The van der Waals surface area contributed by atoms with Crippen LogP contribution in [-0.4, -0.2) is 6.10 Å². The summed E-state index contributed by atoms with van der Waals surface area (Å²) >= 11 is 6.10. The van der Waals surface area contributed by atoms with Gasteiger partial charge in [-0.25, -0.2) is 0 Å². The molecule has 0 spiro atoms. The highest BCUT2D eigenvalue weighted by Gasteiger charge is 2.04. The van der Waals surface area contributed by atoms with Crippen LogP contribution in [0.25, 0.3) is 0 Å². The molecule has 106 valence electrons. The number of halogens is 1. The van der Waals surface area contributed by atoms with Crippen LogP contribution in [0.5, 0.6) is 11.5 Å². The molecule has 2 nitrogen and oxygen atoms in total. The van der Waals surface area contributed by atoms with Crippen molar-refractivity contribution in [3.63, 3.8) is 0 Å². The van der Waals surface area contributed by atoms with E-state index in [9.17, 15) is 0 Å². The summed E-state index contributed by atoms with van der Waals surface area (Å²) < 4.78 is 11.5. The maximum atomic E-state index is 6.10. The molecular weight excluding hydrogens is 272 g/mol. The molecule has 20 heavy (non-hydrogen) atoms. The van der Waals surface area contributed by atoms with Crippen molar-refractivity contribution in [2.24, 2.45) is 0 Å². The van der Waals surface area contributed by atoms with E-state index in [1.54, 1.807) is 0 Å². The smallest absolute Gasteiger partial charge is 0.123 e. The van der Waals surface area contributed by atoms with E-state index in [1.165, 1.54) is 0 Å². The molecule has 0 N–H and O–H groups in total. The highest BCUT2D eigenvalue weighted by atomic mass is 35.5. The van der Waals surface area contributed by atoms with Crippen LogP contribution in [0.2, 0.25) is 5.02 Å². The summed E-state index contributed by atoms with van der Waals surface area (Å²) in [6.45, 7) is 4.60. The Morgan fingerprint density at radius 2 is 1.80 bits per heavy atom. The second-order valence-corrected chi connectivity index (χ2v) is 5.10. The minimum Gasteiger partial charge on any atom is -0.491 e. The molecule has 2 aromatic rings. The minimum absolute atomic E-state index is 0.203. The molecular formula is C17H19ClO2. The standard InChI is InChI=1S/C17H19ClO2/c1-3-13(2)20-16-9-6-8-15(11-16)19-12-14-7-4-5-10-17(14)18/h4-11,13H,3,12H2,1-2H3. The fourth-order valence-electron chi connectivity index (χ4n) is 1.73. The van der Waals surface area contributed by atoms with Crippen LogP contribution < -0.4 is 9.47 Å². The Morgan fingerprint density at radius 3 is 2.55 bits per heavy atom. The van der Waals surface area contributed by atoms with E-state index in [0.717, 1.165) is 28.5 Å². The van der Waals surface area contributed by atoms with Crippen LogP contribution >= 0.6 is 11.6 Å². The Balaban J connectivity index is 2.00. The highest BCUT2D eigenvalue weighted by molar-refractivity contribution is 6.31. The molecule has 0 amide bonds. The summed E-state index contributed by atoms with van der Waals surface area (Å²) in [5.41, 5.74) is 0.974. The number of ether oxygens (including phenoxy) is 2. The average molecular weight is 291 g/mol. The molecule has 0 saturated heterocycles. The first-order valence-electron chi connectivity index (χ1n) is 6.82. The number of hydrogen-bond acceptors (Lipinski definition) is 2. The first kappa shape index (κ1) is 14.7. The van der Waals surface area contributed by atoms with Crippen LogP contribution in [0.4, 0.5) is 0 Å². The lowest BCUT2D eigenvalue weighted by atomic mass is 10.2. The zero-order valence-electron chi connectivity index (χ0n) is 11.8. The van der Waals surface area contributed by atoms with Gasteiger partial charge in [-0.05, 0) is 31.5 Å². The second-order valence-electron chi connectivity index (χ2n) is 4.69. The van der Waals surface area contributed by atoms with Crippen LogP contribution in [0.15, 0.2) is 48.5 Å². The predicted molar refractivity (Wildman–Crippen MR) is 82.6 cm³/mol. The van der Waals surface area contributed by atoms with Crippen molar-refractivity contribution in [1.82, 2.24) is 0 Å². The van der Waals surface area contributed by atoms with Gasteiger partial charge in [0.1, 0.15) is 18.1 Å². The highest BCUT2D eigenvalue weighted by Crippen LogP contribution is 2.23. The van der Waals surface area contributed by atoms with Gasteiger partial charge in [-0.3, -0.25) is 0 Å². The Kier molecular flexibility index (Phi) is 5.31. The summed E-state index contributed by atoms with van der Waals surface area (Å²) in [5.74, 6) is 1.61. The largest absolute Gasteiger partial charge is 0.491 e. The van der Waals surface area contributed by atoms with E-state index < -0.39 is 0 Å². The van der Waals surface area contributed by atoms with E-state index in [2.05, 4.69) is 13.8 Å². The van der Waals surface area contributed by atoms with E-state index in [0.29, 0.717) is 6.61 Å². The molecule has 0 saturated carbocycles. The van der Waals surface area contributed by atoms with E-state index in [4.69, 9.17) is 21.1 Å². The maximum absolute atomic E-state index is 6.10. The number of benzene rings is 2. The molecule has 3 heteroatoms. The van der Waals surface area contributed by atoms with Crippen molar-refractivity contribution in [3.8, 4) is 11.5 Å². The molecule has 0 radical (unpaired) electrons. The van der Waals surface area contributed by atoms with Crippen LogP contribution in [0.3, 0.4) is 0 Å². The third-order valence-electron chi connectivity index (χ3n) is 3.07. The Morgan fingerprint density at radius 1 is 1.05 bits per heavy atom. The normalized spacial score (nSPS) is 11.9. The first-order chi connectivity index (χ1) is 9.69. The monoisotopic (exact) mass is 290 g/mol. The van der Waals surface area contributed by atoms with Gasteiger partial charge in [-0.1, -0.05) is 42.8 Å². The predicted octanol–water partition coefficient (Wildman–Crippen LogP) is 5.10. The molecule has 0 aromatic heterocycles. The first-order valence-corrected chi connectivity index (χ1v) is 7.19. The Hall–Kier alpha value is -1.67. The van der Waals surface area contributed by atoms with Crippen molar-refractivity contribution in [1.29, 1.82) is 0 Å². The summed E-state index contributed by atoms with van der Waals surface area (Å²) in [7, 11) is 0. The van der Waals surface area contributed by atoms with E-state index in [-0.39, 0.29) is 6.10 Å². The van der Waals surface area contributed by atoms with E-state index >= 15 is 0 Å². The van der Waals surface area contributed by atoms with Crippen molar-refractivity contribution in [2.75, 3.05) is 0 Å². The van der Waals surface area contributed by atoms with Gasteiger partial charge in [0.05, 0.1) is 6.10 Å². The number of rotatable bonds is 6. The van der Waals surface area contributed by atoms with Crippen molar-refractivity contribution in [3.05, 3.63) is 59.1 Å².